The highest BCUT2D eigenvalue weighted by atomic mass is 19.3. The summed E-state index contributed by atoms with van der Waals surface area (Å²) in [6.07, 6.45) is 1.23. The topological polar surface area (TPSA) is 40.5 Å². The number of likely N-dealkylation sites (tertiary alicyclic amines) is 1. The van der Waals surface area contributed by atoms with Crippen molar-refractivity contribution < 1.29 is 18.7 Å². The number of benzene rings is 1. The van der Waals surface area contributed by atoms with Gasteiger partial charge in [-0.1, -0.05) is 30.3 Å². The molecule has 0 aromatic heterocycles. The smallest absolute Gasteiger partial charge is 0.307 e. The molecular formula is C14H17F2NO2. The van der Waals surface area contributed by atoms with Crippen LogP contribution in [0.25, 0.3) is 0 Å². The second-order valence-corrected chi connectivity index (χ2v) is 4.98. The quantitative estimate of drug-likeness (QED) is 0.913. The SMILES string of the molecule is O=C(O)C1CCCN(CC(F)(F)c2ccccc2)C1. The van der Waals surface area contributed by atoms with Gasteiger partial charge in [0.15, 0.2) is 0 Å². The van der Waals surface area contributed by atoms with Crippen LogP contribution in [0, 0.1) is 5.92 Å². The van der Waals surface area contributed by atoms with Crippen LogP contribution in [0.4, 0.5) is 8.78 Å². The summed E-state index contributed by atoms with van der Waals surface area (Å²) >= 11 is 0. The van der Waals surface area contributed by atoms with Gasteiger partial charge in [-0.15, -0.1) is 0 Å². The fourth-order valence-electron chi connectivity index (χ4n) is 2.45. The predicted octanol–water partition coefficient (Wildman–Crippen LogP) is 2.58. The first kappa shape index (κ1) is 13.9. The largest absolute Gasteiger partial charge is 0.481 e. The van der Waals surface area contributed by atoms with Crippen molar-refractivity contribution in [3.63, 3.8) is 0 Å². The van der Waals surface area contributed by atoms with E-state index in [-0.39, 0.29) is 12.1 Å². The second-order valence-electron chi connectivity index (χ2n) is 4.98. The van der Waals surface area contributed by atoms with Crippen LogP contribution in [0.5, 0.6) is 0 Å². The van der Waals surface area contributed by atoms with Crippen molar-refractivity contribution in [3.8, 4) is 0 Å². The molecule has 19 heavy (non-hydrogen) atoms. The maximum Gasteiger partial charge on any atom is 0.307 e. The molecule has 3 nitrogen and oxygen atoms in total. The van der Waals surface area contributed by atoms with Gasteiger partial charge in [-0.05, 0) is 19.4 Å². The zero-order valence-electron chi connectivity index (χ0n) is 10.6. The predicted molar refractivity (Wildman–Crippen MR) is 67.1 cm³/mol. The first-order valence-corrected chi connectivity index (χ1v) is 6.37. The molecule has 1 atom stereocenters. The number of nitrogens with zero attached hydrogens (tertiary/aromatic N) is 1. The van der Waals surface area contributed by atoms with E-state index in [0.29, 0.717) is 19.4 Å². The summed E-state index contributed by atoms with van der Waals surface area (Å²) in [5.41, 5.74) is -0.0209. The van der Waals surface area contributed by atoms with Gasteiger partial charge in [-0.2, -0.15) is 8.78 Å². The molecule has 1 N–H and O–H groups in total. The molecule has 0 saturated carbocycles. The van der Waals surface area contributed by atoms with Crippen molar-refractivity contribution in [2.45, 2.75) is 18.8 Å². The molecular weight excluding hydrogens is 252 g/mol. The van der Waals surface area contributed by atoms with E-state index in [2.05, 4.69) is 0 Å². The van der Waals surface area contributed by atoms with Gasteiger partial charge in [0, 0.05) is 12.1 Å². The summed E-state index contributed by atoms with van der Waals surface area (Å²) in [6.45, 7) is 0.324. The Balaban J connectivity index is 2.02. The number of carbonyl (C=O) groups is 1. The van der Waals surface area contributed by atoms with Crippen LogP contribution >= 0.6 is 0 Å². The fraction of sp³-hybridized carbons (Fsp3) is 0.500. The molecule has 0 bridgehead atoms. The van der Waals surface area contributed by atoms with Crippen LogP contribution in [0.1, 0.15) is 18.4 Å². The maximum atomic E-state index is 14.1. The summed E-state index contributed by atoms with van der Waals surface area (Å²) in [6, 6.07) is 7.66. The van der Waals surface area contributed by atoms with Gasteiger partial charge in [-0.25, -0.2) is 0 Å². The molecule has 0 aliphatic carbocycles. The van der Waals surface area contributed by atoms with Gasteiger partial charge in [0.2, 0.25) is 0 Å². The summed E-state index contributed by atoms with van der Waals surface area (Å²) in [5.74, 6) is -4.37. The third-order valence-corrected chi connectivity index (χ3v) is 3.47. The van der Waals surface area contributed by atoms with Crippen LogP contribution in [0.2, 0.25) is 0 Å². The minimum absolute atomic E-state index is 0.0209. The third kappa shape index (κ3) is 3.50. The molecule has 1 unspecified atom stereocenters. The Labute approximate surface area is 110 Å². The van der Waals surface area contributed by atoms with E-state index in [1.165, 1.54) is 12.1 Å². The monoisotopic (exact) mass is 269 g/mol. The molecule has 1 fully saturated rings. The van der Waals surface area contributed by atoms with Gasteiger partial charge >= 0.3 is 5.97 Å². The lowest BCUT2D eigenvalue weighted by Gasteiger charge is -2.33. The summed E-state index contributed by atoms with van der Waals surface area (Å²) in [5, 5.41) is 8.96. The molecule has 1 aliphatic rings. The normalized spacial score (nSPS) is 21.3. The van der Waals surface area contributed by atoms with Crippen molar-refractivity contribution in [1.82, 2.24) is 4.90 Å². The summed E-state index contributed by atoms with van der Waals surface area (Å²) in [7, 11) is 0. The van der Waals surface area contributed by atoms with Crippen molar-refractivity contribution in [2.24, 2.45) is 5.92 Å². The van der Waals surface area contributed by atoms with Crippen LogP contribution in [0.15, 0.2) is 30.3 Å². The number of alkyl halides is 2. The average Bonchev–Trinajstić information content (AvgIpc) is 2.39. The number of piperidine rings is 1. The van der Waals surface area contributed by atoms with Gasteiger partial charge in [0.25, 0.3) is 5.92 Å². The molecule has 0 radical (unpaired) electrons. The number of aliphatic carboxylic acids is 1. The molecule has 1 heterocycles. The highest BCUT2D eigenvalue weighted by Crippen LogP contribution is 2.30. The minimum atomic E-state index is -2.94. The fourth-order valence-corrected chi connectivity index (χ4v) is 2.45. The Bertz CT molecular complexity index is 436. The molecule has 0 amide bonds. The zero-order valence-corrected chi connectivity index (χ0v) is 10.6. The number of carboxylic acid groups (broad SMARTS) is 1. The van der Waals surface area contributed by atoms with Gasteiger partial charge in [-0.3, -0.25) is 9.69 Å². The van der Waals surface area contributed by atoms with Crippen LogP contribution in [-0.2, 0) is 10.7 Å². The number of hydrogen-bond acceptors (Lipinski definition) is 2. The van der Waals surface area contributed by atoms with Crippen LogP contribution in [0.3, 0.4) is 0 Å². The Morgan fingerprint density at radius 1 is 1.37 bits per heavy atom. The molecule has 5 heteroatoms. The summed E-state index contributed by atoms with van der Waals surface area (Å²) in [4.78, 5) is 12.5. The minimum Gasteiger partial charge on any atom is -0.481 e. The Morgan fingerprint density at radius 2 is 2.05 bits per heavy atom. The summed E-state index contributed by atoms with van der Waals surface area (Å²) < 4.78 is 28.2. The highest BCUT2D eigenvalue weighted by molar-refractivity contribution is 5.70. The molecule has 2 rings (SSSR count). The third-order valence-electron chi connectivity index (χ3n) is 3.47. The average molecular weight is 269 g/mol. The van der Waals surface area contributed by atoms with E-state index in [1.807, 2.05) is 0 Å². The van der Waals surface area contributed by atoms with E-state index >= 15 is 0 Å². The van der Waals surface area contributed by atoms with Crippen LogP contribution in [-0.4, -0.2) is 35.6 Å². The lowest BCUT2D eigenvalue weighted by atomic mass is 9.97. The Hall–Kier alpha value is -1.49. The van der Waals surface area contributed by atoms with Gasteiger partial charge in [0.05, 0.1) is 12.5 Å². The van der Waals surface area contributed by atoms with Gasteiger partial charge in [0.1, 0.15) is 0 Å². The van der Waals surface area contributed by atoms with Crippen molar-refractivity contribution in [1.29, 1.82) is 0 Å². The number of halogens is 2. The lowest BCUT2D eigenvalue weighted by Crippen LogP contribution is -2.43. The molecule has 1 aromatic rings. The van der Waals surface area contributed by atoms with E-state index in [0.717, 1.165) is 0 Å². The highest BCUT2D eigenvalue weighted by Gasteiger charge is 2.36. The number of hydrogen-bond donors (Lipinski definition) is 1. The van der Waals surface area contributed by atoms with Crippen LogP contribution < -0.4 is 0 Å². The Kier molecular flexibility index (Phi) is 4.14. The molecule has 1 aromatic carbocycles. The molecule has 1 aliphatic heterocycles. The molecule has 104 valence electrons. The van der Waals surface area contributed by atoms with Crippen molar-refractivity contribution >= 4 is 5.97 Å². The first-order chi connectivity index (χ1) is 8.99. The lowest BCUT2D eigenvalue weighted by molar-refractivity contribution is -0.144. The Morgan fingerprint density at radius 3 is 2.68 bits per heavy atom. The van der Waals surface area contributed by atoms with E-state index in [4.69, 9.17) is 5.11 Å². The van der Waals surface area contributed by atoms with E-state index in [1.54, 1.807) is 23.1 Å². The second kappa shape index (κ2) is 5.65. The molecule has 1 saturated heterocycles. The van der Waals surface area contributed by atoms with Crippen molar-refractivity contribution in [2.75, 3.05) is 19.6 Å². The van der Waals surface area contributed by atoms with E-state index in [9.17, 15) is 13.6 Å². The molecule has 0 spiro atoms. The first-order valence-electron chi connectivity index (χ1n) is 6.37. The van der Waals surface area contributed by atoms with Crippen molar-refractivity contribution in [3.05, 3.63) is 35.9 Å². The zero-order chi connectivity index (χ0) is 13.9. The number of carboxylic acids is 1. The number of rotatable bonds is 4. The van der Waals surface area contributed by atoms with Gasteiger partial charge < -0.3 is 5.11 Å². The maximum absolute atomic E-state index is 14.1. The van der Waals surface area contributed by atoms with E-state index < -0.39 is 24.4 Å². The standard InChI is InChI=1S/C14H17F2NO2/c15-14(16,12-6-2-1-3-7-12)10-17-8-4-5-11(9-17)13(18)19/h1-3,6-7,11H,4-5,8-10H2,(H,18,19).